The molecule has 0 aliphatic carbocycles. The third kappa shape index (κ3) is 3.13. The zero-order valence-corrected chi connectivity index (χ0v) is 16.3. The number of halogens is 3. The quantitative estimate of drug-likeness (QED) is 0.437. The molecule has 0 fully saturated rings. The number of hydrogen-bond donors (Lipinski definition) is 0. The first-order valence-electron chi connectivity index (χ1n) is 9.33. The van der Waals surface area contributed by atoms with Gasteiger partial charge in [0.1, 0.15) is 11.4 Å². The molecule has 0 saturated heterocycles. The number of benzene rings is 1. The van der Waals surface area contributed by atoms with Gasteiger partial charge in [-0.05, 0) is 54.3 Å². The number of carbonyl (C=O) groups is 1. The van der Waals surface area contributed by atoms with Crippen molar-refractivity contribution < 1.29 is 18.0 Å². The van der Waals surface area contributed by atoms with Gasteiger partial charge in [-0.15, -0.1) is 0 Å². The second-order valence-electron chi connectivity index (χ2n) is 6.99. The molecule has 9 heteroatoms. The average molecular weight is 429 g/mol. The monoisotopic (exact) mass is 428 g/mol. The number of aromatic nitrogens is 3. The van der Waals surface area contributed by atoms with E-state index >= 15 is 0 Å². The summed E-state index contributed by atoms with van der Waals surface area (Å²) in [6, 6.07) is 13.3. The molecule has 6 nitrogen and oxygen atoms in total. The van der Waals surface area contributed by atoms with Crippen LogP contribution in [0, 0.1) is 0 Å². The van der Waals surface area contributed by atoms with Crippen molar-refractivity contribution in [3.05, 3.63) is 71.7 Å². The van der Waals surface area contributed by atoms with Crippen molar-refractivity contribution in [2.45, 2.75) is 18.2 Å². The summed E-state index contributed by atoms with van der Waals surface area (Å²) in [5, 5.41) is 0.402. The minimum absolute atomic E-state index is 0.0120. The normalized spacial score (nSPS) is 14.2. The van der Waals surface area contributed by atoms with Crippen LogP contribution in [0.4, 0.5) is 14.5 Å². The minimum atomic E-state index is -3.72. The summed E-state index contributed by atoms with van der Waals surface area (Å²) < 4.78 is 34.4. The number of para-hydroxylation sites is 1. The number of hydrogen-bond acceptors (Lipinski definition) is 4. The highest BCUT2D eigenvalue weighted by Crippen LogP contribution is 2.35. The third-order valence-electron chi connectivity index (χ3n) is 5.07. The van der Waals surface area contributed by atoms with E-state index in [1.54, 1.807) is 17.0 Å². The number of carbonyl (C=O) groups excluding carboxylic acids is 1. The van der Waals surface area contributed by atoms with Gasteiger partial charge in [0.15, 0.2) is 17.1 Å². The Hall–Kier alpha value is -3.26. The van der Waals surface area contributed by atoms with Crippen molar-refractivity contribution in [2.75, 3.05) is 11.4 Å². The van der Waals surface area contributed by atoms with Gasteiger partial charge in [0.05, 0.1) is 6.26 Å². The van der Waals surface area contributed by atoms with Crippen molar-refractivity contribution in [3.63, 3.8) is 0 Å². The summed E-state index contributed by atoms with van der Waals surface area (Å²) in [7, 11) is 0. The summed E-state index contributed by atoms with van der Waals surface area (Å²) in [5.74, 6) is -0.0743. The SMILES string of the molecule is O=C(c1cc2nc(-c3ccco3)cc(C(F)(F)Cl)n2n1)N1CCCc2ccccc21. The number of nitrogens with zero attached hydrogens (tertiary/aromatic N) is 4. The molecule has 4 heterocycles. The fourth-order valence-corrected chi connectivity index (χ4v) is 3.85. The Balaban J connectivity index is 1.62. The molecular formula is C21H15ClF2N4O2. The fourth-order valence-electron chi connectivity index (χ4n) is 3.71. The number of furan rings is 1. The van der Waals surface area contributed by atoms with Crippen molar-refractivity contribution in [1.29, 1.82) is 0 Å². The maximum Gasteiger partial charge on any atom is 0.364 e. The van der Waals surface area contributed by atoms with E-state index < -0.39 is 11.1 Å². The number of rotatable bonds is 3. The molecule has 0 N–H and O–H groups in total. The maximum absolute atomic E-state index is 14.1. The molecule has 0 radical (unpaired) electrons. The van der Waals surface area contributed by atoms with E-state index in [9.17, 15) is 13.6 Å². The molecule has 30 heavy (non-hydrogen) atoms. The van der Waals surface area contributed by atoms with Crippen molar-refractivity contribution in [1.82, 2.24) is 14.6 Å². The van der Waals surface area contributed by atoms with E-state index in [-0.39, 0.29) is 22.9 Å². The van der Waals surface area contributed by atoms with Gasteiger partial charge < -0.3 is 9.32 Å². The molecule has 3 aromatic heterocycles. The second kappa shape index (κ2) is 6.91. The van der Waals surface area contributed by atoms with Crippen molar-refractivity contribution in [3.8, 4) is 11.5 Å². The van der Waals surface area contributed by atoms with Crippen molar-refractivity contribution in [2.24, 2.45) is 0 Å². The van der Waals surface area contributed by atoms with Crippen LogP contribution in [0.1, 0.15) is 28.2 Å². The zero-order chi connectivity index (χ0) is 20.9. The maximum atomic E-state index is 14.1. The molecule has 4 aromatic rings. The number of alkyl halides is 3. The van der Waals surface area contributed by atoms with Crippen LogP contribution in [0.2, 0.25) is 0 Å². The van der Waals surface area contributed by atoms with Crippen LogP contribution >= 0.6 is 11.6 Å². The summed E-state index contributed by atoms with van der Waals surface area (Å²) in [4.78, 5) is 19.1. The predicted molar refractivity (Wildman–Crippen MR) is 107 cm³/mol. The fraction of sp³-hybridized carbons (Fsp3) is 0.190. The highest BCUT2D eigenvalue weighted by atomic mass is 35.5. The Kier molecular flexibility index (Phi) is 4.32. The molecule has 5 rings (SSSR count). The first kappa shape index (κ1) is 18.7. The van der Waals surface area contributed by atoms with Gasteiger partial charge >= 0.3 is 5.38 Å². The summed E-state index contributed by atoms with van der Waals surface area (Å²) >= 11 is 5.33. The Bertz CT molecular complexity index is 1250. The lowest BCUT2D eigenvalue weighted by Gasteiger charge is -2.28. The number of amides is 1. The molecule has 1 aromatic carbocycles. The lowest BCUT2D eigenvalue weighted by atomic mass is 10.0. The molecule has 1 aliphatic rings. The van der Waals surface area contributed by atoms with E-state index in [1.165, 1.54) is 12.3 Å². The van der Waals surface area contributed by atoms with Crippen LogP contribution in [0.5, 0.6) is 0 Å². The van der Waals surface area contributed by atoms with Crippen LogP contribution < -0.4 is 4.90 Å². The van der Waals surface area contributed by atoms with Crippen molar-refractivity contribution >= 4 is 28.8 Å². The van der Waals surface area contributed by atoms with Gasteiger partial charge in [-0.1, -0.05) is 18.2 Å². The Labute approximate surface area is 174 Å². The lowest BCUT2D eigenvalue weighted by molar-refractivity contribution is 0.0868. The third-order valence-corrected chi connectivity index (χ3v) is 5.26. The zero-order valence-electron chi connectivity index (χ0n) is 15.6. The average Bonchev–Trinajstić information content (AvgIpc) is 3.41. The highest BCUT2D eigenvalue weighted by Gasteiger charge is 2.34. The summed E-state index contributed by atoms with van der Waals surface area (Å²) in [6.45, 7) is 0.521. The molecule has 0 bridgehead atoms. The van der Waals surface area contributed by atoms with E-state index in [1.807, 2.05) is 24.3 Å². The first-order chi connectivity index (χ1) is 14.4. The summed E-state index contributed by atoms with van der Waals surface area (Å²) in [5.41, 5.74) is 1.53. The van der Waals surface area contributed by atoms with E-state index in [4.69, 9.17) is 16.0 Å². The van der Waals surface area contributed by atoms with Gasteiger partial charge in [0.25, 0.3) is 5.91 Å². The number of aryl methyl sites for hydroxylation is 1. The first-order valence-corrected chi connectivity index (χ1v) is 9.71. The van der Waals surface area contributed by atoms with Gasteiger partial charge in [-0.25, -0.2) is 9.50 Å². The molecule has 1 aliphatic heterocycles. The summed E-state index contributed by atoms with van der Waals surface area (Å²) in [6.07, 6.45) is 3.10. The minimum Gasteiger partial charge on any atom is -0.463 e. The second-order valence-corrected chi connectivity index (χ2v) is 7.47. The Morgan fingerprint density at radius 2 is 2.00 bits per heavy atom. The molecule has 152 valence electrons. The Morgan fingerprint density at radius 3 is 2.77 bits per heavy atom. The smallest absolute Gasteiger partial charge is 0.364 e. The van der Waals surface area contributed by atoms with Crippen LogP contribution in [0.15, 0.2) is 59.2 Å². The molecule has 0 spiro atoms. The largest absolute Gasteiger partial charge is 0.463 e. The van der Waals surface area contributed by atoms with Gasteiger partial charge in [0.2, 0.25) is 0 Å². The van der Waals surface area contributed by atoms with Crippen LogP contribution in [-0.2, 0) is 11.8 Å². The van der Waals surface area contributed by atoms with Crippen LogP contribution in [-0.4, -0.2) is 27.0 Å². The van der Waals surface area contributed by atoms with E-state index in [0.717, 1.165) is 34.7 Å². The lowest BCUT2D eigenvalue weighted by Crippen LogP contribution is -2.35. The van der Waals surface area contributed by atoms with Crippen LogP contribution in [0.3, 0.4) is 0 Å². The van der Waals surface area contributed by atoms with Gasteiger partial charge in [0, 0.05) is 18.3 Å². The van der Waals surface area contributed by atoms with Gasteiger partial charge in [-0.2, -0.15) is 13.9 Å². The van der Waals surface area contributed by atoms with Crippen LogP contribution in [0.25, 0.3) is 17.1 Å². The van der Waals surface area contributed by atoms with E-state index in [0.29, 0.717) is 12.3 Å². The predicted octanol–water partition coefficient (Wildman–Crippen LogP) is 4.87. The van der Waals surface area contributed by atoms with Gasteiger partial charge in [-0.3, -0.25) is 4.79 Å². The molecule has 0 saturated carbocycles. The highest BCUT2D eigenvalue weighted by molar-refractivity contribution is 6.21. The molecule has 0 atom stereocenters. The standard InChI is InChI=1S/C21H15ClF2N4O2/c22-21(23,24)18-11-14(17-8-4-10-30-17)25-19-12-15(26-28(18)19)20(29)27-9-3-6-13-5-1-2-7-16(13)27/h1-2,4-5,7-8,10-12H,3,6,9H2. The molecule has 1 amide bonds. The number of anilines is 1. The van der Waals surface area contributed by atoms with E-state index in [2.05, 4.69) is 10.1 Å². The Morgan fingerprint density at radius 1 is 1.17 bits per heavy atom. The topological polar surface area (TPSA) is 63.6 Å². The molecular weight excluding hydrogens is 414 g/mol. The molecule has 0 unspecified atom stereocenters. The number of fused-ring (bicyclic) bond motifs is 2.